The minimum Gasteiger partial charge on any atom is -0.489 e. The van der Waals surface area contributed by atoms with Gasteiger partial charge in [0.05, 0.1) is 6.61 Å². The summed E-state index contributed by atoms with van der Waals surface area (Å²) in [6.07, 6.45) is 10.7. The number of thiol groups is 1. The van der Waals surface area contributed by atoms with E-state index in [9.17, 15) is 9.59 Å². The Balaban J connectivity index is 0.00000176. The van der Waals surface area contributed by atoms with E-state index in [1.54, 1.807) is 37.8 Å². The lowest BCUT2D eigenvalue weighted by atomic mass is 9.93. The third kappa shape index (κ3) is 6.06. The van der Waals surface area contributed by atoms with E-state index in [1.165, 1.54) is 0 Å². The number of ether oxygens (including phenoxy) is 2. The second-order valence-electron chi connectivity index (χ2n) is 8.26. The Labute approximate surface area is 197 Å². The van der Waals surface area contributed by atoms with Gasteiger partial charge in [-0.2, -0.15) is 12.6 Å². The van der Waals surface area contributed by atoms with Gasteiger partial charge in [0.15, 0.2) is 0 Å². The van der Waals surface area contributed by atoms with E-state index < -0.39 is 11.5 Å². The number of allylic oxidation sites excluding steroid dienone is 2. The Kier molecular flexibility index (Phi) is 8.79. The molecule has 0 radical (unpaired) electrons. The van der Waals surface area contributed by atoms with Crippen LogP contribution in [0.25, 0.3) is 0 Å². The van der Waals surface area contributed by atoms with Crippen molar-refractivity contribution in [2.75, 3.05) is 19.8 Å². The van der Waals surface area contributed by atoms with Gasteiger partial charge in [0.2, 0.25) is 0 Å². The summed E-state index contributed by atoms with van der Waals surface area (Å²) in [7, 11) is 0. The molecule has 3 rings (SSSR count). The second-order valence-corrected chi connectivity index (χ2v) is 9.22. The summed E-state index contributed by atoms with van der Waals surface area (Å²) in [5.74, 6) is 0.163. The molecule has 1 unspecified atom stereocenters. The Morgan fingerprint density at radius 3 is 2.66 bits per heavy atom. The van der Waals surface area contributed by atoms with Gasteiger partial charge in [0, 0.05) is 16.9 Å². The highest BCUT2D eigenvalue weighted by molar-refractivity contribution is 7.82. The van der Waals surface area contributed by atoms with Crippen LogP contribution in [-0.4, -0.2) is 46.8 Å². The fraction of sp³-hybridized carbons (Fsp3) is 0.462. The van der Waals surface area contributed by atoms with E-state index in [2.05, 4.69) is 18.7 Å². The third-order valence-corrected chi connectivity index (χ3v) is 5.62. The van der Waals surface area contributed by atoms with Gasteiger partial charge in [0.25, 0.3) is 5.91 Å². The predicted molar refractivity (Wildman–Crippen MR) is 132 cm³/mol. The molecule has 2 aliphatic rings. The summed E-state index contributed by atoms with van der Waals surface area (Å²) in [5.41, 5.74) is 1.56. The number of hydrogen-bond acceptors (Lipinski definition) is 5. The second kappa shape index (κ2) is 10.9. The molecule has 1 aliphatic carbocycles. The van der Waals surface area contributed by atoms with Crippen molar-refractivity contribution in [1.29, 1.82) is 0 Å². The fourth-order valence-electron chi connectivity index (χ4n) is 3.66. The van der Waals surface area contributed by atoms with Crippen LogP contribution >= 0.6 is 12.6 Å². The normalized spacial score (nSPS) is 19.9. The summed E-state index contributed by atoms with van der Waals surface area (Å²) in [6, 6.07) is 5.50. The van der Waals surface area contributed by atoms with E-state index >= 15 is 0 Å². The van der Waals surface area contributed by atoms with Crippen LogP contribution in [-0.2, 0) is 16.0 Å². The number of fused-ring (bicyclic) bond motifs is 1. The number of hydrogen-bond donors (Lipinski definition) is 1. The molecule has 0 N–H and O–H groups in total. The van der Waals surface area contributed by atoms with Crippen LogP contribution in [0.2, 0.25) is 0 Å². The van der Waals surface area contributed by atoms with Crippen molar-refractivity contribution in [2.45, 2.75) is 58.2 Å². The Hall–Kier alpha value is -2.47. The largest absolute Gasteiger partial charge is 0.489 e. The quantitative estimate of drug-likeness (QED) is 0.473. The lowest BCUT2D eigenvalue weighted by Crippen LogP contribution is -2.56. The molecule has 1 atom stereocenters. The number of carbonyl (C=O) groups is 2. The highest BCUT2D eigenvalue weighted by Gasteiger charge is 2.41. The molecule has 32 heavy (non-hydrogen) atoms. The molecular weight excluding hydrogens is 422 g/mol. The zero-order valence-corrected chi connectivity index (χ0v) is 20.9. The molecule has 0 bridgehead atoms. The number of esters is 1. The number of rotatable bonds is 6. The molecule has 174 valence electrons. The van der Waals surface area contributed by atoms with Crippen LogP contribution in [0.1, 0.15) is 57.5 Å². The molecule has 5 nitrogen and oxygen atoms in total. The standard InChI is InChI=1S/C24H29NO4S.C2H6/c1-5-28-22(27)23(2,3)25-13-11-18-14-19(9-10-20(18)21(25)26)29-16-17-8-6-7-12-24(4,30)15-17;1-2/h6-10,12,14-15,30H,5,11,13,16H2,1-4H3;1-2H3. The van der Waals surface area contributed by atoms with Crippen LogP contribution in [0, 0.1) is 0 Å². The van der Waals surface area contributed by atoms with Gasteiger partial charge in [-0.05, 0) is 63.5 Å². The first-order valence-electron chi connectivity index (χ1n) is 11.2. The average Bonchev–Trinajstić information content (AvgIpc) is 2.93. The van der Waals surface area contributed by atoms with Crippen molar-refractivity contribution >= 4 is 24.5 Å². The zero-order chi connectivity index (χ0) is 23.9. The topological polar surface area (TPSA) is 55.8 Å². The predicted octanol–water partition coefficient (Wildman–Crippen LogP) is 5.17. The zero-order valence-electron chi connectivity index (χ0n) is 20.0. The molecule has 1 aromatic rings. The highest BCUT2D eigenvalue weighted by Crippen LogP contribution is 2.29. The summed E-state index contributed by atoms with van der Waals surface area (Å²) in [6.45, 7) is 12.4. The summed E-state index contributed by atoms with van der Waals surface area (Å²) >= 11 is 4.63. The van der Waals surface area contributed by atoms with Gasteiger partial charge in [-0.3, -0.25) is 4.79 Å². The molecule has 6 heteroatoms. The Morgan fingerprint density at radius 2 is 1.97 bits per heavy atom. The van der Waals surface area contributed by atoms with Crippen molar-refractivity contribution in [3.05, 3.63) is 65.3 Å². The minimum atomic E-state index is -1.01. The maximum atomic E-state index is 13.0. The van der Waals surface area contributed by atoms with Gasteiger partial charge >= 0.3 is 5.97 Å². The van der Waals surface area contributed by atoms with E-state index in [1.807, 2.05) is 51.1 Å². The van der Waals surface area contributed by atoms with Crippen molar-refractivity contribution in [3.8, 4) is 5.75 Å². The van der Waals surface area contributed by atoms with Crippen molar-refractivity contribution in [2.24, 2.45) is 0 Å². The molecule has 1 aromatic carbocycles. The van der Waals surface area contributed by atoms with E-state index in [4.69, 9.17) is 9.47 Å². The highest BCUT2D eigenvalue weighted by atomic mass is 32.1. The molecule has 0 saturated carbocycles. The van der Waals surface area contributed by atoms with Gasteiger partial charge in [-0.15, -0.1) is 0 Å². The first kappa shape index (κ1) is 25.8. The number of carbonyl (C=O) groups excluding carboxylic acids is 2. The summed E-state index contributed by atoms with van der Waals surface area (Å²) < 4.78 is 10.8. The smallest absolute Gasteiger partial charge is 0.331 e. The van der Waals surface area contributed by atoms with E-state index in [0.717, 1.165) is 11.1 Å². The maximum Gasteiger partial charge on any atom is 0.331 e. The lowest BCUT2D eigenvalue weighted by Gasteiger charge is -2.39. The Bertz CT molecular complexity index is 928. The van der Waals surface area contributed by atoms with Crippen LogP contribution in [0.15, 0.2) is 54.2 Å². The molecule has 0 aromatic heterocycles. The van der Waals surface area contributed by atoms with Gasteiger partial charge in [-0.1, -0.05) is 44.2 Å². The number of amides is 1. The van der Waals surface area contributed by atoms with Gasteiger partial charge in [0.1, 0.15) is 17.9 Å². The SMILES string of the molecule is CC.CCOC(=O)C(C)(C)N1CCc2cc(OCC3=CC(C)(S)C=CC=C3)ccc2C1=O. The van der Waals surface area contributed by atoms with Crippen LogP contribution in [0.4, 0.5) is 0 Å². The Morgan fingerprint density at radius 1 is 1.25 bits per heavy atom. The fourth-order valence-corrected chi connectivity index (χ4v) is 3.92. The van der Waals surface area contributed by atoms with Crippen molar-refractivity contribution in [3.63, 3.8) is 0 Å². The molecule has 1 aliphatic heterocycles. The molecule has 0 spiro atoms. The molecule has 0 fully saturated rings. The van der Waals surface area contributed by atoms with Crippen molar-refractivity contribution < 1.29 is 19.1 Å². The van der Waals surface area contributed by atoms with E-state index in [0.29, 0.717) is 30.9 Å². The van der Waals surface area contributed by atoms with Gasteiger partial charge < -0.3 is 14.4 Å². The van der Waals surface area contributed by atoms with Gasteiger partial charge in [-0.25, -0.2) is 4.79 Å². The van der Waals surface area contributed by atoms with Crippen LogP contribution in [0.3, 0.4) is 0 Å². The number of nitrogens with zero attached hydrogens (tertiary/aromatic N) is 1. The average molecular weight is 458 g/mol. The molecule has 1 heterocycles. The number of benzene rings is 1. The lowest BCUT2D eigenvalue weighted by molar-refractivity contribution is -0.154. The van der Waals surface area contributed by atoms with Crippen molar-refractivity contribution in [1.82, 2.24) is 4.90 Å². The molecular formula is C26H35NO4S. The summed E-state index contributed by atoms with van der Waals surface area (Å²) in [5, 5.41) is 0. The molecule has 1 amide bonds. The maximum absolute atomic E-state index is 13.0. The van der Waals surface area contributed by atoms with Crippen LogP contribution < -0.4 is 4.74 Å². The first-order valence-corrected chi connectivity index (χ1v) is 11.6. The first-order chi connectivity index (χ1) is 15.1. The third-order valence-electron chi connectivity index (χ3n) is 5.34. The van der Waals surface area contributed by atoms with E-state index in [-0.39, 0.29) is 17.3 Å². The minimum absolute atomic E-state index is 0.160. The van der Waals surface area contributed by atoms with Crippen LogP contribution in [0.5, 0.6) is 5.75 Å². The monoisotopic (exact) mass is 457 g/mol. The summed E-state index contributed by atoms with van der Waals surface area (Å²) in [4.78, 5) is 27.0. The molecule has 0 saturated heterocycles.